The van der Waals surface area contributed by atoms with E-state index in [-0.39, 0.29) is 5.91 Å². The molecule has 3 heterocycles. The number of benzene rings is 2. The Hall–Kier alpha value is -4.30. The molecule has 3 aromatic heterocycles. The fraction of sp³-hybridized carbons (Fsp3) is 0.0417. The Kier molecular flexibility index (Phi) is 5.42. The molecule has 0 unspecified atom stereocenters. The van der Waals surface area contributed by atoms with Crippen molar-refractivity contribution in [1.82, 2.24) is 24.7 Å². The van der Waals surface area contributed by atoms with Crippen molar-refractivity contribution in [1.29, 1.82) is 0 Å². The molecule has 5 rings (SSSR count). The normalized spacial score (nSPS) is 10.9. The van der Waals surface area contributed by atoms with Crippen LogP contribution in [-0.4, -0.2) is 30.6 Å². The summed E-state index contributed by atoms with van der Waals surface area (Å²) in [6.07, 6.45) is 3.03. The summed E-state index contributed by atoms with van der Waals surface area (Å²) >= 11 is 6.34. The zero-order chi connectivity index (χ0) is 22.8. The minimum absolute atomic E-state index is 0.253. The van der Waals surface area contributed by atoms with E-state index >= 15 is 0 Å². The SMILES string of the molecule is Nc1ncnc2c1c(-c1ccc(C(=O)Nc3ccccn3)cc1)nn2Cc1ccccc1Cl. The third-order valence-corrected chi connectivity index (χ3v) is 5.53. The molecule has 5 aromatic rings. The molecule has 0 spiro atoms. The van der Waals surface area contributed by atoms with Gasteiger partial charge in [-0.25, -0.2) is 19.6 Å². The summed E-state index contributed by atoms with van der Waals surface area (Å²) in [6, 6.07) is 20.0. The summed E-state index contributed by atoms with van der Waals surface area (Å²) in [4.78, 5) is 25.2. The van der Waals surface area contributed by atoms with E-state index < -0.39 is 0 Å². The Morgan fingerprint density at radius 3 is 2.52 bits per heavy atom. The number of hydrogen-bond donors (Lipinski definition) is 2. The van der Waals surface area contributed by atoms with Crippen molar-refractivity contribution < 1.29 is 4.79 Å². The second-order valence-electron chi connectivity index (χ2n) is 7.30. The summed E-state index contributed by atoms with van der Waals surface area (Å²) in [7, 11) is 0. The minimum Gasteiger partial charge on any atom is -0.383 e. The summed E-state index contributed by atoms with van der Waals surface area (Å²) in [5.74, 6) is 0.565. The Bertz CT molecular complexity index is 1450. The highest BCUT2D eigenvalue weighted by Gasteiger charge is 2.18. The molecule has 3 N–H and O–H groups in total. The molecule has 0 aliphatic carbocycles. The molecule has 162 valence electrons. The summed E-state index contributed by atoms with van der Waals surface area (Å²) in [5, 5.41) is 8.83. The van der Waals surface area contributed by atoms with Crippen LogP contribution in [0.2, 0.25) is 5.02 Å². The molecule has 0 atom stereocenters. The zero-order valence-electron chi connectivity index (χ0n) is 17.3. The van der Waals surface area contributed by atoms with Gasteiger partial charge in [0.15, 0.2) is 5.65 Å². The van der Waals surface area contributed by atoms with Gasteiger partial charge >= 0.3 is 0 Å². The molecule has 9 heteroatoms. The number of anilines is 2. The topological polar surface area (TPSA) is 112 Å². The number of halogens is 1. The third kappa shape index (κ3) is 4.11. The molecule has 0 aliphatic rings. The molecule has 2 aromatic carbocycles. The van der Waals surface area contributed by atoms with Crippen LogP contribution < -0.4 is 11.1 Å². The lowest BCUT2D eigenvalue weighted by molar-refractivity contribution is 0.102. The maximum atomic E-state index is 12.5. The molecule has 0 aliphatic heterocycles. The molecule has 33 heavy (non-hydrogen) atoms. The lowest BCUT2D eigenvalue weighted by atomic mass is 10.1. The smallest absolute Gasteiger partial charge is 0.256 e. The molecule has 8 nitrogen and oxygen atoms in total. The van der Waals surface area contributed by atoms with Crippen LogP contribution in [0.25, 0.3) is 22.3 Å². The van der Waals surface area contributed by atoms with Gasteiger partial charge in [0.05, 0.1) is 11.9 Å². The Morgan fingerprint density at radius 1 is 0.970 bits per heavy atom. The van der Waals surface area contributed by atoms with E-state index in [1.54, 1.807) is 35.1 Å². The van der Waals surface area contributed by atoms with Crippen molar-refractivity contribution >= 4 is 40.2 Å². The number of nitrogens with two attached hydrogens (primary N) is 1. The van der Waals surface area contributed by atoms with Gasteiger partial charge in [0, 0.05) is 22.3 Å². The van der Waals surface area contributed by atoms with E-state index in [0.29, 0.717) is 45.5 Å². The van der Waals surface area contributed by atoms with Crippen LogP contribution in [0.3, 0.4) is 0 Å². The maximum absolute atomic E-state index is 12.5. The molecule has 0 bridgehead atoms. The van der Waals surface area contributed by atoms with Gasteiger partial charge in [-0.15, -0.1) is 0 Å². The standard InChI is InChI=1S/C24H18ClN7O/c25-18-6-2-1-5-17(18)13-32-23-20(22(26)28-14-29-23)21(31-32)15-8-10-16(11-9-15)24(33)30-19-7-3-4-12-27-19/h1-12,14H,13H2,(H2,26,28,29)(H,27,30,33). The Morgan fingerprint density at radius 2 is 1.76 bits per heavy atom. The van der Waals surface area contributed by atoms with Crippen LogP contribution in [0.1, 0.15) is 15.9 Å². The van der Waals surface area contributed by atoms with Crippen LogP contribution in [0.5, 0.6) is 0 Å². The van der Waals surface area contributed by atoms with Crippen LogP contribution >= 0.6 is 11.6 Å². The van der Waals surface area contributed by atoms with E-state index in [1.165, 1.54) is 6.33 Å². The third-order valence-electron chi connectivity index (χ3n) is 5.16. The van der Waals surface area contributed by atoms with Gasteiger partial charge in [-0.1, -0.05) is 48.0 Å². The van der Waals surface area contributed by atoms with Crippen molar-refractivity contribution in [3.8, 4) is 11.3 Å². The maximum Gasteiger partial charge on any atom is 0.256 e. The number of pyridine rings is 1. The van der Waals surface area contributed by atoms with Crippen LogP contribution in [0.15, 0.2) is 79.3 Å². The van der Waals surface area contributed by atoms with E-state index in [1.807, 2.05) is 42.5 Å². The molecule has 0 fully saturated rings. The first-order valence-corrected chi connectivity index (χ1v) is 10.5. The monoisotopic (exact) mass is 455 g/mol. The van der Waals surface area contributed by atoms with Crippen molar-refractivity contribution in [2.24, 2.45) is 0 Å². The predicted molar refractivity (Wildman–Crippen MR) is 128 cm³/mol. The van der Waals surface area contributed by atoms with Crippen LogP contribution in [0.4, 0.5) is 11.6 Å². The summed E-state index contributed by atoms with van der Waals surface area (Å²) in [5.41, 5.74) is 9.62. The predicted octanol–water partition coefficient (Wildman–Crippen LogP) is 4.42. The van der Waals surface area contributed by atoms with E-state index in [2.05, 4.69) is 20.3 Å². The molecular formula is C24H18ClN7O. The minimum atomic E-state index is -0.253. The first-order valence-electron chi connectivity index (χ1n) is 10.1. The Balaban J connectivity index is 1.49. The van der Waals surface area contributed by atoms with Crippen molar-refractivity contribution in [3.05, 3.63) is 95.4 Å². The number of aromatic nitrogens is 5. The fourth-order valence-corrected chi connectivity index (χ4v) is 3.73. The first-order chi connectivity index (χ1) is 16.1. The second-order valence-corrected chi connectivity index (χ2v) is 7.71. The fourth-order valence-electron chi connectivity index (χ4n) is 3.54. The van der Waals surface area contributed by atoms with Gasteiger partial charge in [0.1, 0.15) is 23.7 Å². The number of fused-ring (bicyclic) bond motifs is 1. The van der Waals surface area contributed by atoms with E-state index in [4.69, 9.17) is 22.4 Å². The molecular weight excluding hydrogens is 438 g/mol. The quantitative estimate of drug-likeness (QED) is 0.405. The number of hydrogen-bond acceptors (Lipinski definition) is 6. The number of rotatable bonds is 5. The van der Waals surface area contributed by atoms with Gasteiger partial charge in [-0.3, -0.25) is 4.79 Å². The molecule has 0 radical (unpaired) electrons. The van der Waals surface area contributed by atoms with Crippen molar-refractivity contribution in [2.75, 3.05) is 11.1 Å². The van der Waals surface area contributed by atoms with E-state index in [0.717, 1.165) is 11.1 Å². The number of amides is 1. The Labute approximate surface area is 194 Å². The highest BCUT2D eigenvalue weighted by atomic mass is 35.5. The summed E-state index contributed by atoms with van der Waals surface area (Å²) in [6.45, 7) is 0.428. The molecule has 0 saturated carbocycles. The zero-order valence-corrected chi connectivity index (χ0v) is 18.1. The number of nitrogens with one attached hydrogen (secondary N) is 1. The van der Waals surface area contributed by atoms with Gasteiger partial charge in [-0.2, -0.15) is 5.10 Å². The van der Waals surface area contributed by atoms with Gasteiger partial charge in [-0.05, 0) is 35.9 Å². The van der Waals surface area contributed by atoms with Gasteiger partial charge in [0.2, 0.25) is 0 Å². The number of nitrogens with zero attached hydrogens (tertiary/aromatic N) is 5. The second kappa shape index (κ2) is 8.68. The largest absolute Gasteiger partial charge is 0.383 e. The number of nitrogen functional groups attached to an aromatic ring is 1. The highest BCUT2D eigenvalue weighted by Crippen LogP contribution is 2.31. The van der Waals surface area contributed by atoms with Gasteiger partial charge < -0.3 is 11.1 Å². The van der Waals surface area contributed by atoms with Crippen molar-refractivity contribution in [2.45, 2.75) is 6.54 Å². The number of carbonyl (C=O) groups is 1. The van der Waals surface area contributed by atoms with Crippen molar-refractivity contribution in [3.63, 3.8) is 0 Å². The first kappa shape index (κ1) is 20.6. The van der Waals surface area contributed by atoms with Gasteiger partial charge in [0.25, 0.3) is 5.91 Å². The lowest BCUT2D eigenvalue weighted by Gasteiger charge is -2.05. The molecule has 0 saturated heterocycles. The average molecular weight is 456 g/mol. The lowest BCUT2D eigenvalue weighted by Crippen LogP contribution is -2.12. The molecule has 1 amide bonds. The van der Waals surface area contributed by atoms with Crippen LogP contribution in [0, 0.1) is 0 Å². The highest BCUT2D eigenvalue weighted by molar-refractivity contribution is 6.31. The summed E-state index contributed by atoms with van der Waals surface area (Å²) < 4.78 is 1.76. The number of carbonyl (C=O) groups excluding carboxylic acids is 1. The van der Waals surface area contributed by atoms with Crippen LogP contribution in [-0.2, 0) is 6.54 Å². The average Bonchev–Trinajstić information content (AvgIpc) is 3.21. The van der Waals surface area contributed by atoms with E-state index in [9.17, 15) is 4.79 Å².